The van der Waals surface area contributed by atoms with E-state index in [9.17, 15) is 4.79 Å². The van der Waals surface area contributed by atoms with Crippen LogP contribution in [0.5, 0.6) is 5.88 Å². The first-order chi connectivity index (χ1) is 15.9. The number of anilines is 2. The van der Waals surface area contributed by atoms with Crippen molar-refractivity contribution in [2.24, 2.45) is 0 Å². The predicted molar refractivity (Wildman–Crippen MR) is 126 cm³/mol. The molecule has 0 spiro atoms. The summed E-state index contributed by atoms with van der Waals surface area (Å²) in [6.07, 6.45) is 6.84. The number of fused-ring (bicyclic) bond motifs is 2. The highest BCUT2D eigenvalue weighted by molar-refractivity contribution is 6.13. The summed E-state index contributed by atoms with van der Waals surface area (Å²) in [4.78, 5) is 33.4. The van der Waals surface area contributed by atoms with E-state index in [1.165, 1.54) is 7.11 Å². The molecule has 2 atom stereocenters. The molecule has 0 radical (unpaired) electrons. The van der Waals surface area contributed by atoms with Crippen molar-refractivity contribution in [2.75, 3.05) is 30.4 Å². The van der Waals surface area contributed by atoms with Crippen molar-refractivity contribution < 1.29 is 9.53 Å². The van der Waals surface area contributed by atoms with E-state index in [1.807, 2.05) is 19.2 Å². The highest BCUT2D eigenvalue weighted by atomic mass is 16.5. The minimum atomic E-state index is -0.314. The van der Waals surface area contributed by atoms with Gasteiger partial charge in [-0.1, -0.05) is 0 Å². The third-order valence-electron chi connectivity index (χ3n) is 5.72. The quantitative estimate of drug-likeness (QED) is 0.492. The second kappa shape index (κ2) is 8.28. The summed E-state index contributed by atoms with van der Waals surface area (Å²) in [5.74, 6) is 0.477. The number of piperazine rings is 1. The summed E-state index contributed by atoms with van der Waals surface area (Å²) in [6, 6.07) is 4.46. The molecule has 1 aromatic carbocycles. The zero-order chi connectivity index (χ0) is 23.1. The van der Waals surface area contributed by atoms with E-state index in [2.05, 4.69) is 49.3 Å². The molecule has 0 unspecified atom stereocenters. The molecular formula is C23H26N8O2. The Labute approximate surface area is 191 Å². The molecule has 3 aromatic heterocycles. The molecule has 5 rings (SSSR count). The third kappa shape index (κ3) is 3.93. The SMILES string of the molecule is COc1nc2nc(C)cn2cc1NC(=O)c1ccc(N2C[C@H](C)N[C@@H](C)C2)c2nccnc12. The molecule has 10 heteroatoms. The Hall–Kier alpha value is -3.79. The first-order valence-electron chi connectivity index (χ1n) is 10.9. The Kier molecular flexibility index (Phi) is 5.29. The molecule has 0 saturated carbocycles. The monoisotopic (exact) mass is 446 g/mol. The fraction of sp³-hybridized carbons (Fsp3) is 0.348. The smallest absolute Gasteiger partial charge is 0.258 e. The van der Waals surface area contributed by atoms with Crippen molar-refractivity contribution in [1.82, 2.24) is 29.7 Å². The average molecular weight is 447 g/mol. The van der Waals surface area contributed by atoms with Crippen LogP contribution in [0.3, 0.4) is 0 Å². The minimum Gasteiger partial charge on any atom is -0.479 e. The number of aromatic nitrogens is 5. The molecule has 1 aliphatic rings. The van der Waals surface area contributed by atoms with Crippen molar-refractivity contribution in [3.8, 4) is 5.88 Å². The molecule has 2 N–H and O–H groups in total. The summed E-state index contributed by atoms with van der Waals surface area (Å²) >= 11 is 0. The average Bonchev–Trinajstić information content (AvgIpc) is 3.15. The van der Waals surface area contributed by atoms with Crippen LogP contribution in [-0.2, 0) is 0 Å². The fourth-order valence-electron chi connectivity index (χ4n) is 4.46. The van der Waals surface area contributed by atoms with Gasteiger partial charge in [0.2, 0.25) is 11.7 Å². The summed E-state index contributed by atoms with van der Waals surface area (Å²) in [5, 5.41) is 6.46. The number of carbonyl (C=O) groups excluding carboxylic acids is 1. The van der Waals surface area contributed by atoms with Gasteiger partial charge in [-0.25, -0.2) is 4.98 Å². The lowest BCUT2D eigenvalue weighted by Crippen LogP contribution is -2.54. The number of rotatable bonds is 4. The van der Waals surface area contributed by atoms with Gasteiger partial charge >= 0.3 is 0 Å². The summed E-state index contributed by atoms with van der Waals surface area (Å²) < 4.78 is 7.14. The van der Waals surface area contributed by atoms with Crippen molar-refractivity contribution in [1.29, 1.82) is 0 Å². The van der Waals surface area contributed by atoms with E-state index in [1.54, 1.807) is 29.1 Å². The van der Waals surface area contributed by atoms with Crippen LogP contribution in [0.2, 0.25) is 0 Å². The Balaban J connectivity index is 1.52. The van der Waals surface area contributed by atoms with Crippen molar-refractivity contribution in [3.05, 3.63) is 48.2 Å². The number of methoxy groups -OCH3 is 1. The molecule has 4 aromatic rings. The number of nitrogens with zero attached hydrogens (tertiary/aromatic N) is 6. The predicted octanol–water partition coefficient (Wildman–Crippen LogP) is 2.43. The van der Waals surface area contributed by atoms with Crippen LogP contribution in [0.15, 0.2) is 36.9 Å². The van der Waals surface area contributed by atoms with Crippen molar-refractivity contribution in [3.63, 3.8) is 0 Å². The zero-order valence-electron chi connectivity index (χ0n) is 19.0. The molecule has 33 heavy (non-hydrogen) atoms. The molecule has 1 saturated heterocycles. The molecule has 0 aliphatic carbocycles. The maximum absolute atomic E-state index is 13.3. The van der Waals surface area contributed by atoms with Crippen LogP contribution in [-0.4, -0.2) is 62.5 Å². The second-order valence-electron chi connectivity index (χ2n) is 8.47. The van der Waals surface area contributed by atoms with Crippen molar-refractivity contribution >= 4 is 34.1 Å². The Morgan fingerprint density at radius 2 is 1.82 bits per heavy atom. The maximum atomic E-state index is 13.3. The van der Waals surface area contributed by atoms with E-state index in [-0.39, 0.29) is 11.8 Å². The maximum Gasteiger partial charge on any atom is 0.258 e. The first kappa shape index (κ1) is 21.1. The topological polar surface area (TPSA) is 110 Å². The standard InChI is InChI=1S/C23H26N8O2/c1-13-9-30(10-14(2)26-13)18-6-5-16(19-20(18)25-8-7-24-19)21(32)28-17-12-31-11-15(3)27-23(31)29-22(17)33-4/h5-8,11-14,26H,9-10H2,1-4H3,(H,28,32)/t13-,14-/m0/s1. The van der Waals surface area contributed by atoms with Crippen LogP contribution in [0, 0.1) is 6.92 Å². The van der Waals surface area contributed by atoms with Gasteiger partial charge in [-0.2, -0.15) is 4.98 Å². The molecular weight excluding hydrogens is 420 g/mol. The van der Waals surface area contributed by atoms with Crippen LogP contribution < -0.4 is 20.3 Å². The number of hydrogen-bond acceptors (Lipinski definition) is 8. The Bertz CT molecular complexity index is 1340. The Morgan fingerprint density at radius 3 is 2.55 bits per heavy atom. The highest BCUT2D eigenvalue weighted by Crippen LogP contribution is 2.29. The normalized spacial score (nSPS) is 18.6. The van der Waals surface area contributed by atoms with E-state index in [0.717, 1.165) is 24.5 Å². The van der Waals surface area contributed by atoms with Crippen molar-refractivity contribution in [2.45, 2.75) is 32.9 Å². The summed E-state index contributed by atoms with van der Waals surface area (Å²) in [5.41, 5.74) is 3.93. The molecule has 1 aliphatic heterocycles. The van der Waals surface area contributed by atoms with Crippen LogP contribution in [0.1, 0.15) is 29.9 Å². The lowest BCUT2D eigenvalue weighted by Gasteiger charge is -2.38. The fourth-order valence-corrected chi connectivity index (χ4v) is 4.46. The van der Waals surface area contributed by atoms with E-state index in [0.29, 0.717) is 40.1 Å². The molecule has 1 fully saturated rings. The lowest BCUT2D eigenvalue weighted by atomic mass is 10.1. The van der Waals surface area contributed by atoms with Gasteiger partial charge in [0.25, 0.3) is 5.91 Å². The van der Waals surface area contributed by atoms with Gasteiger partial charge in [-0.15, -0.1) is 0 Å². The van der Waals surface area contributed by atoms with Crippen LogP contribution in [0.4, 0.5) is 11.4 Å². The van der Waals surface area contributed by atoms with Gasteiger partial charge in [0.1, 0.15) is 16.7 Å². The zero-order valence-corrected chi connectivity index (χ0v) is 19.0. The van der Waals surface area contributed by atoms with Gasteiger partial charge in [0.05, 0.1) is 24.1 Å². The van der Waals surface area contributed by atoms with E-state index in [4.69, 9.17) is 4.74 Å². The molecule has 170 valence electrons. The number of aryl methyl sites for hydroxylation is 1. The van der Waals surface area contributed by atoms with E-state index >= 15 is 0 Å². The minimum absolute atomic E-state index is 0.289. The third-order valence-corrected chi connectivity index (χ3v) is 5.72. The molecule has 4 heterocycles. The van der Waals surface area contributed by atoms with Crippen LogP contribution in [0.25, 0.3) is 16.8 Å². The number of carbonyl (C=O) groups is 1. The van der Waals surface area contributed by atoms with E-state index < -0.39 is 0 Å². The second-order valence-corrected chi connectivity index (χ2v) is 8.47. The molecule has 10 nitrogen and oxygen atoms in total. The van der Waals surface area contributed by atoms with Gasteiger partial charge in [0.15, 0.2) is 0 Å². The van der Waals surface area contributed by atoms with Gasteiger partial charge < -0.3 is 20.3 Å². The number of ether oxygens (including phenoxy) is 1. The van der Waals surface area contributed by atoms with Gasteiger partial charge in [-0.05, 0) is 32.9 Å². The number of imidazole rings is 1. The number of amides is 1. The van der Waals surface area contributed by atoms with Crippen LogP contribution >= 0.6 is 0 Å². The number of benzene rings is 1. The number of hydrogen-bond donors (Lipinski definition) is 2. The van der Waals surface area contributed by atoms with Gasteiger partial charge in [0, 0.05) is 50.0 Å². The molecule has 0 bridgehead atoms. The summed E-state index contributed by atoms with van der Waals surface area (Å²) in [6.45, 7) is 7.92. The number of nitrogens with one attached hydrogen (secondary N) is 2. The Morgan fingerprint density at radius 1 is 1.09 bits per heavy atom. The molecule has 1 amide bonds. The first-order valence-corrected chi connectivity index (χ1v) is 10.9. The summed E-state index contributed by atoms with van der Waals surface area (Å²) in [7, 11) is 1.51. The highest BCUT2D eigenvalue weighted by Gasteiger charge is 2.25. The lowest BCUT2D eigenvalue weighted by molar-refractivity contribution is 0.102. The largest absolute Gasteiger partial charge is 0.479 e. The van der Waals surface area contributed by atoms with Gasteiger partial charge in [-0.3, -0.25) is 19.2 Å².